The van der Waals surface area contributed by atoms with Crippen molar-refractivity contribution in [3.05, 3.63) is 515 Å². The van der Waals surface area contributed by atoms with Gasteiger partial charge in [-0.05, 0) is 271 Å². The van der Waals surface area contributed by atoms with Crippen molar-refractivity contribution in [2.45, 2.75) is 119 Å². The van der Waals surface area contributed by atoms with Gasteiger partial charge in [0.1, 0.15) is 0 Å². The normalized spacial score (nSPS) is 13.4. The van der Waals surface area contributed by atoms with Gasteiger partial charge in [0.05, 0.1) is 22.1 Å². The maximum absolute atomic E-state index is 2.38. The van der Waals surface area contributed by atoms with Crippen LogP contribution < -0.4 is 0 Å². The molecular weight excluding hydrogens is 1610 g/mol. The van der Waals surface area contributed by atoms with E-state index in [0.29, 0.717) is 0 Å². The van der Waals surface area contributed by atoms with Crippen LogP contribution in [-0.2, 0) is 21.7 Å². The van der Waals surface area contributed by atoms with Gasteiger partial charge in [-0.25, -0.2) is 0 Å². The summed E-state index contributed by atoms with van der Waals surface area (Å²) in [6.07, 6.45) is 0. The number of nitrogens with zero attached hydrogens (tertiary/aromatic N) is 2. The third kappa shape index (κ3) is 16.1. The van der Waals surface area contributed by atoms with Crippen LogP contribution in [0.3, 0.4) is 0 Å². The van der Waals surface area contributed by atoms with Gasteiger partial charge in [-0.15, -0.1) is 0 Å². The van der Waals surface area contributed by atoms with E-state index in [9.17, 15) is 0 Å². The maximum Gasteiger partial charge on any atom is 0.0541 e. The van der Waals surface area contributed by atoms with Crippen molar-refractivity contribution in [1.82, 2.24) is 9.13 Å². The van der Waals surface area contributed by atoms with Gasteiger partial charge in [-0.3, -0.25) is 0 Å². The number of rotatable bonds is 7. The number of para-hydroxylation sites is 1. The van der Waals surface area contributed by atoms with Gasteiger partial charge in [0.2, 0.25) is 0 Å². The first-order valence-corrected chi connectivity index (χ1v) is 47.4. The summed E-state index contributed by atoms with van der Waals surface area (Å²) in [5.74, 6) is 0. The number of fused-ring (bicyclic) bond motifs is 18. The summed E-state index contributed by atoms with van der Waals surface area (Å²) in [5, 5.41) is 5.11. The number of aryl methyl sites for hydroxylation is 6. The van der Waals surface area contributed by atoms with Crippen LogP contribution in [0.4, 0.5) is 0 Å². The molecule has 0 bridgehead atoms. The SMILES string of the molecule is Cc1ccc(-c2ccc3c(c2)c2cc(-c4ccccc4)ccc2n3-c2ccccc2)cc1.Cc1ccc(-n2c3ccc(-c4ccccc4)cc3c3cc(-c4ccccc4)ccc32)cc1.Cc1ccc2c(c1)-c1ccccc1C2(C)C.Cc1ccc2c(c1)C(C)(C)c1cc(-c3ccccc3)ccc1-2.Cc1ccc2c(c1)C(C)(C)c1ccccc1-2.Cc1cccc2c1-c1ccccc1C2(C)C. The van der Waals surface area contributed by atoms with E-state index in [2.05, 4.69) is 543 Å². The summed E-state index contributed by atoms with van der Waals surface area (Å²) in [5.41, 5.74) is 51.2. The number of benzene rings is 19. The van der Waals surface area contributed by atoms with Crippen LogP contribution in [0.1, 0.15) is 133 Å². The topological polar surface area (TPSA) is 9.86 Å². The van der Waals surface area contributed by atoms with Gasteiger partial charge >= 0.3 is 0 Å². The quantitative estimate of drug-likeness (QED) is 0.151. The lowest BCUT2D eigenvalue weighted by atomic mass is 9.81. The molecule has 0 saturated heterocycles. The van der Waals surface area contributed by atoms with E-state index in [1.54, 1.807) is 0 Å². The molecule has 0 radical (unpaired) electrons. The highest BCUT2D eigenvalue weighted by atomic mass is 15.0. The molecule has 4 aliphatic rings. The van der Waals surface area contributed by atoms with Crippen molar-refractivity contribution in [3.63, 3.8) is 0 Å². The molecule has 21 aromatic rings. The van der Waals surface area contributed by atoms with Gasteiger partial charge in [0.25, 0.3) is 0 Å². The van der Waals surface area contributed by atoms with E-state index in [1.165, 1.54) is 233 Å². The fourth-order valence-corrected chi connectivity index (χ4v) is 21.5. The van der Waals surface area contributed by atoms with Crippen molar-refractivity contribution in [3.8, 4) is 112 Å². The van der Waals surface area contributed by atoms with Crippen LogP contribution in [0.2, 0.25) is 0 Å². The van der Waals surface area contributed by atoms with Crippen LogP contribution in [-0.4, -0.2) is 9.13 Å². The minimum absolute atomic E-state index is 0.0709. The second-order valence-electron chi connectivity index (χ2n) is 39.1. The van der Waals surface area contributed by atoms with Gasteiger partial charge in [0, 0.05) is 54.6 Å². The Morgan fingerprint density at radius 1 is 0.157 bits per heavy atom. The van der Waals surface area contributed by atoms with E-state index in [-0.39, 0.29) is 21.7 Å². The Morgan fingerprint density at radius 3 is 0.851 bits per heavy atom. The summed E-state index contributed by atoms with van der Waals surface area (Å²) in [7, 11) is 0. The van der Waals surface area contributed by atoms with Crippen LogP contribution in [0.15, 0.2) is 437 Å². The first-order valence-electron chi connectivity index (χ1n) is 47.4. The molecule has 25 rings (SSSR count). The lowest BCUT2D eigenvalue weighted by Gasteiger charge is -2.22. The molecule has 2 heteroatoms. The molecule has 4 aliphatic carbocycles. The highest BCUT2D eigenvalue weighted by molar-refractivity contribution is 6.13. The molecule has 0 unspecified atom stereocenters. The highest BCUT2D eigenvalue weighted by Gasteiger charge is 2.39. The zero-order chi connectivity index (χ0) is 92.3. The van der Waals surface area contributed by atoms with E-state index in [1.807, 2.05) is 0 Å². The zero-order valence-electron chi connectivity index (χ0n) is 79.5. The predicted octanol–water partition coefficient (Wildman–Crippen LogP) is 35.7. The number of hydrogen-bond donors (Lipinski definition) is 0. The zero-order valence-corrected chi connectivity index (χ0v) is 79.5. The molecular formula is C132H114N2. The first kappa shape index (κ1) is 86.8. The maximum atomic E-state index is 2.38. The Hall–Kier alpha value is -15.2. The minimum atomic E-state index is 0.0709. The summed E-state index contributed by atoms with van der Waals surface area (Å²) >= 11 is 0. The summed E-state index contributed by atoms with van der Waals surface area (Å²) in [6.45, 7) is 31.5. The summed E-state index contributed by atoms with van der Waals surface area (Å²) in [4.78, 5) is 0. The molecule has 0 atom stereocenters. The Balaban J connectivity index is 0.000000102. The largest absolute Gasteiger partial charge is 0.309 e. The van der Waals surface area contributed by atoms with Crippen LogP contribution in [0.25, 0.3) is 155 Å². The molecule has 652 valence electrons. The first-order chi connectivity index (χ1) is 65.0. The minimum Gasteiger partial charge on any atom is -0.309 e. The summed E-state index contributed by atoms with van der Waals surface area (Å²) in [6, 6.07) is 158. The van der Waals surface area contributed by atoms with Crippen LogP contribution in [0, 0.1) is 41.5 Å². The van der Waals surface area contributed by atoms with E-state index < -0.39 is 0 Å². The molecule has 2 aromatic heterocycles. The highest BCUT2D eigenvalue weighted by Crippen LogP contribution is 2.54. The third-order valence-electron chi connectivity index (χ3n) is 28.8. The monoisotopic (exact) mass is 1730 g/mol. The molecule has 134 heavy (non-hydrogen) atoms. The molecule has 0 amide bonds. The Morgan fingerprint density at radius 2 is 0.418 bits per heavy atom. The summed E-state index contributed by atoms with van der Waals surface area (Å²) < 4.78 is 4.76. The van der Waals surface area contributed by atoms with Crippen molar-refractivity contribution >= 4 is 43.6 Å². The molecule has 0 fully saturated rings. The number of hydrogen-bond acceptors (Lipinski definition) is 0. The molecule has 19 aromatic carbocycles. The van der Waals surface area contributed by atoms with Gasteiger partial charge < -0.3 is 9.13 Å². The smallest absolute Gasteiger partial charge is 0.0541 e. The van der Waals surface area contributed by atoms with E-state index in [0.717, 1.165) is 0 Å². The van der Waals surface area contributed by atoms with E-state index >= 15 is 0 Å². The molecule has 2 heterocycles. The van der Waals surface area contributed by atoms with Crippen molar-refractivity contribution in [2.75, 3.05) is 0 Å². The van der Waals surface area contributed by atoms with Gasteiger partial charge in [-0.2, -0.15) is 0 Å². The molecule has 0 saturated carbocycles. The van der Waals surface area contributed by atoms with Gasteiger partial charge in [-0.1, -0.05) is 441 Å². The van der Waals surface area contributed by atoms with Crippen LogP contribution in [0.5, 0.6) is 0 Å². The van der Waals surface area contributed by atoms with Crippen molar-refractivity contribution in [1.29, 1.82) is 0 Å². The van der Waals surface area contributed by atoms with Crippen molar-refractivity contribution in [2.24, 2.45) is 0 Å². The second kappa shape index (κ2) is 35.5. The van der Waals surface area contributed by atoms with Gasteiger partial charge in [0.15, 0.2) is 0 Å². The lowest BCUT2D eigenvalue weighted by Crippen LogP contribution is -2.15. The molecule has 2 nitrogen and oxygen atoms in total. The third-order valence-corrected chi connectivity index (χ3v) is 28.8. The van der Waals surface area contributed by atoms with Crippen LogP contribution >= 0.6 is 0 Å². The average molecular weight is 1730 g/mol. The predicted molar refractivity (Wildman–Crippen MR) is 573 cm³/mol. The second-order valence-corrected chi connectivity index (χ2v) is 39.1. The molecule has 0 N–H and O–H groups in total. The Kier molecular flexibility index (Phi) is 23.0. The number of aromatic nitrogens is 2. The fourth-order valence-electron chi connectivity index (χ4n) is 21.5. The average Bonchev–Trinajstić information content (AvgIpc) is 1.61. The Bertz CT molecular complexity index is 7870. The molecule has 0 aliphatic heterocycles. The lowest BCUT2D eigenvalue weighted by molar-refractivity contribution is 0.659. The fraction of sp³-hybridized carbons (Fsp3) is 0.136. The van der Waals surface area contributed by atoms with E-state index in [4.69, 9.17) is 0 Å². The van der Waals surface area contributed by atoms with Crippen molar-refractivity contribution < 1.29 is 0 Å². The Labute approximate surface area is 791 Å². The molecule has 0 spiro atoms. The standard InChI is InChI=1S/2C31H23N.C22H20.3C16H16/c1-22-12-16-27(17-13-22)32-30-18-14-25(23-8-4-2-5-9-23)20-28(30)29-21-26(15-19-31(29)32)24-10-6-3-7-11-24;1-22-12-14-24(15-13-22)26-17-19-31-29(21-26)28-20-25(23-8-4-2-5-9-23)16-18-30(28)32(31)27-10-6-3-7-11-27;1-15-9-11-18-19-12-10-17(16-7-5-4-6-8-16)14-21(19)22(2,3)20(18)13-15;1-11-7-6-10-14-15(11)12-8-4-5-9-13(12)16(14,2)3;1-11-8-9-15-13(10-11)12-6-4-5-7-14(12)16(15,2)3;1-11-8-9-13-12-6-4-5-7-14(12)16(2,3)15(13)10-11/h2*2-21H,1H3;4-14H,1-3H3;3*4-10H,1-3H3.